The molecule has 2 rings (SSSR count). The number of anilines is 4. The zero-order chi connectivity index (χ0) is 17.5. The Labute approximate surface area is 144 Å². The molecule has 0 fully saturated rings. The van der Waals surface area contributed by atoms with Crippen molar-refractivity contribution >= 4 is 23.0 Å². The molecular formula is C18H28N6. The molecule has 4 N–H and O–H groups in total. The number of nitrogens with zero attached hydrogens (tertiary/aromatic N) is 3. The standard InChI is InChI=1S/C18H28N6/c1-13(2)10-24(11-14(3)4)18-16(19)17(20-12-21-18)23-22-15-8-6-5-7-9-15/h5-9,12-14,22H,10-11,19H2,1-4H3,(H,20,21,23). The third kappa shape index (κ3) is 5.01. The Morgan fingerprint density at radius 3 is 2.17 bits per heavy atom. The summed E-state index contributed by atoms with van der Waals surface area (Å²) in [4.78, 5) is 10.9. The fraction of sp³-hybridized carbons (Fsp3) is 0.444. The normalized spacial score (nSPS) is 10.9. The summed E-state index contributed by atoms with van der Waals surface area (Å²) < 4.78 is 0. The average molecular weight is 328 g/mol. The van der Waals surface area contributed by atoms with Crippen LogP contribution in [0.15, 0.2) is 36.7 Å². The molecule has 0 saturated carbocycles. The summed E-state index contributed by atoms with van der Waals surface area (Å²) in [6.45, 7) is 10.6. The lowest BCUT2D eigenvalue weighted by Gasteiger charge is -2.28. The van der Waals surface area contributed by atoms with Crippen molar-refractivity contribution in [3.63, 3.8) is 0 Å². The van der Waals surface area contributed by atoms with Gasteiger partial charge in [0.05, 0.1) is 5.69 Å². The first-order chi connectivity index (χ1) is 11.5. The van der Waals surface area contributed by atoms with Crippen molar-refractivity contribution in [1.82, 2.24) is 9.97 Å². The number of para-hydroxylation sites is 1. The van der Waals surface area contributed by atoms with E-state index in [2.05, 4.69) is 53.4 Å². The molecule has 1 heterocycles. The first-order valence-corrected chi connectivity index (χ1v) is 8.39. The van der Waals surface area contributed by atoms with Gasteiger partial charge in [-0.25, -0.2) is 9.97 Å². The van der Waals surface area contributed by atoms with Crippen LogP contribution in [0.25, 0.3) is 0 Å². The van der Waals surface area contributed by atoms with Gasteiger partial charge >= 0.3 is 0 Å². The number of nitrogens with one attached hydrogen (secondary N) is 2. The van der Waals surface area contributed by atoms with Crippen molar-refractivity contribution in [1.29, 1.82) is 0 Å². The summed E-state index contributed by atoms with van der Waals surface area (Å²) in [5.74, 6) is 2.42. The molecule has 0 radical (unpaired) electrons. The van der Waals surface area contributed by atoms with Gasteiger partial charge in [-0.1, -0.05) is 45.9 Å². The smallest absolute Gasteiger partial charge is 0.173 e. The highest BCUT2D eigenvalue weighted by molar-refractivity contribution is 5.75. The van der Waals surface area contributed by atoms with Crippen LogP contribution < -0.4 is 21.5 Å². The minimum absolute atomic E-state index is 0.525. The lowest BCUT2D eigenvalue weighted by Crippen LogP contribution is -2.33. The second kappa shape index (κ2) is 8.38. The van der Waals surface area contributed by atoms with Crippen LogP contribution in [-0.4, -0.2) is 23.1 Å². The van der Waals surface area contributed by atoms with Crippen molar-refractivity contribution in [3.8, 4) is 0 Å². The molecule has 6 nitrogen and oxygen atoms in total. The second-order valence-electron chi connectivity index (χ2n) is 6.77. The Hall–Kier alpha value is -2.50. The minimum Gasteiger partial charge on any atom is -0.393 e. The monoisotopic (exact) mass is 328 g/mol. The van der Waals surface area contributed by atoms with E-state index in [0.29, 0.717) is 23.3 Å². The molecule has 1 aromatic heterocycles. The highest BCUT2D eigenvalue weighted by Gasteiger charge is 2.17. The third-order valence-corrected chi connectivity index (χ3v) is 3.43. The fourth-order valence-corrected chi connectivity index (χ4v) is 2.52. The Morgan fingerprint density at radius 1 is 0.958 bits per heavy atom. The Kier molecular flexibility index (Phi) is 6.23. The maximum atomic E-state index is 6.33. The maximum absolute atomic E-state index is 6.33. The molecular weight excluding hydrogens is 300 g/mol. The molecule has 0 unspecified atom stereocenters. The second-order valence-corrected chi connectivity index (χ2v) is 6.77. The van der Waals surface area contributed by atoms with Gasteiger partial charge in [0.2, 0.25) is 0 Å². The van der Waals surface area contributed by atoms with Gasteiger partial charge in [-0.2, -0.15) is 0 Å². The topological polar surface area (TPSA) is 79.1 Å². The van der Waals surface area contributed by atoms with E-state index in [-0.39, 0.29) is 0 Å². The minimum atomic E-state index is 0.525. The predicted octanol–water partition coefficient (Wildman–Crippen LogP) is 3.62. The SMILES string of the molecule is CC(C)CN(CC(C)C)c1ncnc(NNc2ccccc2)c1N. The first kappa shape index (κ1) is 17.8. The molecule has 0 aliphatic rings. The molecule has 0 aliphatic carbocycles. The van der Waals surface area contributed by atoms with E-state index in [0.717, 1.165) is 24.6 Å². The summed E-state index contributed by atoms with van der Waals surface area (Å²) in [7, 11) is 0. The number of nitrogen functional groups attached to an aromatic ring is 1. The highest BCUT2D eigenvalue weighted by atomic mass is 15.4. The van der Waals surface area contributed by atoms with E-state index in [1.807, 2.05) is 30.3 Å². The summed E-state index contributed by atoms with van der Waals surface area (Å²) in [5, 5.41) is 0. The zero-order valence-corrected chi connectivity index (χ0v) is 15.0. The van der Waals surface area contributed by atoms with Gasteiger partial charge in [0.1, 0.15) is 12.0 Å². The number of aromatic nitrogens is 2. The van der Waals surface area contributed by atoms with Crippen LogP contribution in [0.2, 0.25) is 0 Å². The van der Waals surface area contributed by atoms with Crippen LogP contribution in [0.1, 0.15) is 27.7 Å². The van der Waals surface area contributed by atoms with Crippen LogP contribution in [0, 0.1) is 11.8 Å². The van der Waals surface area contributed by atoms with Gasteiger partial charge in [0.15, 0.2) is 11.6 Å². The van der Waals surface area contributed by atoms with E-state index < -0.39 is 0 Å². The predicted molar refractivity (Wildman–Crippen MR) is 102 cm³/mol. The van der Waals surface area contributed by atoms with Crippen molar-refractivity contribution < 1.29 is 0 Å². The Balaban J connectivity index is 2.18. The molecule has 130 valence electrons. The van der Waals surface area contributed by atoms with Gasteiger partial charge in [-0.05, 0) is 24.0 Å². The zero-order valence-electron chi connectivity index (χ0n) is 15.0. The van der Waals surface area contributed by atoms with Crippen molar-refractivity contribution in [3.05, 3.63) is 36.7 Å². The molecule has 6 heteroatoms. The summed E-state index contributed by atoms with van der Waals surface area (Å²) in [6.07, 6.45) is 1.55. The molecule has 1 aromatic carbocycles. The van der Waals surface area contributed by atoms with Gasteiger partial charge in [-0.15, -0.1) is 0 Å². The number of benzene rings is 1. The van der Waals surface area contributed by atoms with Crippen molar-refractivity contribution in [2.75, 3.05) is 34.6 Å². The van der Waals surface area contributed by atoms with Crippen molar-refractivity contribution in [2.24, 2.45) is 11.8 Å². The van der Waals surface area contributed by atoms with Gasteiger partial charge < -0.3 is 10.6 Å². The molecule has 0 bridgehead atoms. The van der Waals surface area contributed by atoms with Crippen LogP contribution in [0.5, 0.6) is 0 Å². The molecule has 0 spiro atoms. The van der Waals surface area contributed by atoms with E-state index in [9.17, 15) is 0 Å². The number of rotatable bonds is 8. The lowest BCUT2D eigenvalue weighted by atomic mass is 10.1. The van der Waals surface area contributed by atoms with Crippen LogP contribution >= 0.6 is 0 Å². The molecule has 0 aliphatic heterocycles. The summed E-state index contributed by atoms with van der Waals surface area (Å²) in [5.41, 5.74) is 14.0. The van der Waals surface area contributed by atoms with E-state index in [1.165, 1.54) is 0 Å². The lowest BCUT2D eigenvalue weighted by molar-refractivity contribution is 0.549. The van der Waals surface area contributed by atoms with E-state index >= 15 is 0 Å². The third-order valence-electron chi connectivity index (χ3n) is 3.43. The van der Waals surface area contributed by atoms with Gasteiger partial charge in [0.25, 0.3) is 0 Å². The average Bonchev–Trinajstić information content (AvgIpc) is 2.53. The van der Waals surface area contributed by atoms with Crippen LogP contribution in [0.3, 0.4) is 0 Å². The van der Waals surface area contributed by atoms with Crippen LogP contribution in [-0.2, 0) is 0 Å². The maximum Gasteiger partial charge on any atom is 0.173 e. The van der Waals surface area contributed by atoms with E-state index in [4.69, 9.17) is 5.73 Å². The van der Waals surface area contributed by atoms with E-state index in [1.54, 1.807) is 6.33 Å². The quantitative estimate of drug-likeness (QED) is 0.642. The molecule has 0 amide bonds. The molecule has 0 saturated heterocycles. The van der Waals surface area contributed by atoms with Gasteiger partial charge in [0, 0.05) is 13.1 Å². The number of hydrogen-bond acceptors (Lipinski definition) is 6. The highest BCUT2D eigenvalue weighted by Crippen LogP contribution is 2.27. The largest absolute Gasteiger partial charge is 0.393 e. The number of nitrogens with two attached hydrogens (primary N) is 1. The molecule has 2 aromatic rings. The number of hydrazine groups is 1. The molecule has 24 heavy (non-hydrogen) atoms. The van der Waals surface area contributed by atoms with Crippen molar-refractivity contribution in [2.45, 2.75) is 27.7 Å². The summed E-state index contributed by atoms with van der Waals surface area (Å²) >= 11 is 0. The first-order valence-electron chi connectivity index (χ1n) is 8.39. The summed E-state index contributed by atoms with van der Waals surface area (Å²) in [6, 6.07) is 9.83. The molecule has 0 atom stereocenters. The van der Waals surface area contributed by atoms with Gasteiger partial charge in [-0.3, -0.25) is 10.9 Å². The Bertz CT molecular complexity index is 617. The Morgan fingerprint density at radius 2 is 1.58 bits per heavy atom. The van der Waals surface area contributed by atoms with Crippen LogP contribution in [0.4, 0.5) is 23.0 Å². The fourth-order valence-electron chi connectivity index (χ4n) is 2.52. The number of hydrogen-bond donors (Lipinski definition) is 3.